The quantitative estimate of drug-likeness (QED) is 0.817. The monoisotopic (exact) mass is 242 g/mol. The molecular weight excluding hydrogens is 224 g/mol. The predicted molar refractivity (Wildman–Crippen MR) is 65.3 cm³/mol. The molecule has 0 amide bonds. The van der Waals surface area contributed by atoms with Gasteiger partial charge in [0.25, 0.3) is 0 Å². The fraction of sp³-hybridized carbons (Fsp3) is 0.800. The molecule has 0 aromatic carbocycles. The molecule has 1 aromatic heterocycles. The Bertz CT molecular complexity index is 400. The highest BCUT2D eigenvalue weighted by Gasteiger charge is 2.21. The number of nitrogens with zero attached hydrogens (tertiary/aromatic N) is 3. The summed E-state index contributed by atoms with van der Waals surface area (Å²) in [6.45, 7) is 7.65. The summed E-state index contributed by atoms with van der Waals surface area (Å²) in [5, 5.41) is 7.18. The number of rotatable bonds is 3. The highest BCUT2D eigenvalue weighted by atomic mass is 32.1. The third kappa shape index (κ3) is 2.27. The number of nitrogens with one attached hydrogen (secondary N) is 1. The molecule has 1 aromatic rings. The van der Waals surface area contributed by atoms with Crippen LogP contribution in [0.25, 0.3) is 0 Å². The third-order valence-corrected chi connectivity index (χ3v) is 3.02. The molecule has 1 fully saturated rings. The maximum atomic E-state index is 5.52. The maximum absolute atomic E-state index is 5.52. The third-order valence-electron chi connectivity index (χ3n) is 2.71. The molecule has 90 valence electrons. The van der Waals surface area contributed by atoms with E-state index in [1.807, 2.05) is 0 Å². The Morgan fingerprint density at radius 3 is 3.12 bits per heavy atom. The predicted octanol–water partition coefficient (Wildman–Crippen LogP) is 1.58. The van der Waals surface area contributed by atoms with Crippen LogP contribution in [0.15, 0.2) is 0 Å². The Hall–Kier alpha value is -0.880. The molecule has 1 atom stereocenters. The van der Waals surface area contributed by atoms with Crippen molar-refractivity contribution in [2.45, 2.75) is 32.9 Å². The first-order valence-electron chi connectivity index (χ1n) is 5.74. The van der Waals surface area contributed by atoms with Crippen molar-refractivity contribution >= 4 is 18.2 Å². The molecular formula is C10H18N4OS. The second kappa shape index (κ2) is 4.97. The van der Waals surface area contributed by atoms with E-state index in [4.69, 9.17) is 17.0 Å². The summed E-state index contributed by atoms with van der Waals surface area (Å²) in [5.41, 5.74) is 0. The van der Waals surface area contributed by atoms with Crippen LogP contribution in [0.3, 0.4) is 0 Å². The van der Waals surface area contributed by atoms with Gasteiger partial charge in [0.2, 0.25) is 5.95 Å². The molecule has 2 heterocycles. The fourth-order valence-electron chi connectivity index (χ4n) is 1.98. The molecule has 0 bridgehead atoms. The highest BCUT2D eigenvalue weighted by Crippen LogP contribution is 2.15. The SMILES string of the molecule is CCCn1c(N2CCOC(C)C2)n[nH]c1=S. The average molecular weight is 242 g/mol. The number of anilines is 1. The Labute approximate surface area is 100 Å². The van der Waals surface area contributed by atoms with Gasteiger partial charge >= 0.3 is 0 Å². The Balaban J connectivity index is 2.22. The zero-order valence-electron chi connectivity index (χ0n) is 9.77. The van der Waals surface area contributed by atoms with Crippen molar-refractivity contribution in [3.05, 3.63) is 4.77 Å². The van der Waals surface area contributed by atoms with E-state index >= 15 is 0 Å². The molecule has 1 unspecified atom stereocenters. The standard InChI is InChI=1S/C10H18N4OS/c1-3-4-14-9(11-12-10(14)16)13-5-6-15-8(2)7-13/h8H,3-7H2,1-2H3,(H,12,16). The van der Waals surface area contributed by atoms with Gasteiger partial charge in [0, 0.05) is 19.6 Å². The molecule has 0 radical (unpaired) electrons. The van der Waals surface area contributed by atoms with Crippen LogP contribution >= 0.6 is 12.2 Å². The van der Waals surface area contributed by atoms with Crippen molar-refractivity contribution in [2.75, 3.05) is 24.6 Å². The van der Waals surface area contributed by atoms with Gasteiger partial charge in [-0.05, 0) is 25.6 Å². The van der Waals surface area contributed by atoms with E-state index in [9.17, 15) is 0 Å². The van der Waals surface area contributed by atoms with Gasteiger partial charge in [-0.25, -0.2) is 5.10 Å². The number of hydrogen-bond acceptors (Lipinski definition) is 4. The first-order chi connectivity index (χ1) is 7.72. The van der Waals surface area contributed by atoms with E-state index in [2.05, 4.69) is 33.5 Å². The molecule has 5 nitrogen and oxygen atoms in total. The van der Waals surface area contributed by atoms with Crippen LogP contribution in [0, 0.1) is 4.77 Å². The summed E-state index contributed by atoms with van der Waals surface area (Å²) in [4.78, 5) is 2.23. The molecule has 0 aliphatic carbocycles. The molecule has 16 heavy (non-hydrogen) atoms. The van der Waals surface area contributed by atoms with E-state index in [-0.39, 0.29) is 6.10 Å². The topological polar surface area (TPSA) is 46.1 Å². The van der Waals surface area contributed by atoms with Gasteiger partial charge in [0.15, 0.2) is 4.77 Å². The minimum absolute atomic E-state index is 0.258. The van der Waals surface area contributed by atoms with Gasteiger partial charge in [-0.3, -0.25) is 4.57 Å². The lowest BCUT2D eigenvalue weighted by atomic mass is 10.3. The lowest BCUT2D eigenvalue weighted by Gasteiger charge is -2.31. The van der Waals surface area contributed by atoms with E-state index < -0.39 is 0 Å². The van der Waals surface area contributed by atoms with E-state index in [1.165, 1.54) is 0 Å². The Morgan fingerprint density at radius 1 is 1.62 bits per heavy atom. The van der Waals surface area contributed by atoms with Gasteiger partial charge in [-0.2, -0.15) is 0 Å². The summed E-state index contributed by atoms with van der Waals surface area (Å²) >= 11 is 5.22. The van der Waals surface area contributed by atoms with Gasteiger partial charge in [-0.1, -0.05) is 6.92 Å². The number of aromatic nitrogens is 3. The van der Waals surface area contributed by atoms with Crippen LogP contribution in [0.2, 0.25) is 0 Å². The van der Waals surface area contributed by atoms with Crippen molar-refractivity contribution in [2.24, 2.45) is 0 Å². The van der Waals surface area contributed by atoms with Crippen molar-refractivity contribution in [1.29, 1.82) is 0 Å². The molecule has 0 spiro atoms. The largest absolute Gasteiger partial charge is 0.375 e. The smallest absolute Gasteiger partial charge is 0.225 e. The summed E-state index contributed by atoms with van der Waals surface area (Å²) in [7, 11) is 0. The van der Waals surface area contributed by atoms with Crippen LogP contribution in [0.5, 0.6) is 0 Å². The lowest BCUT2D eigenvalue weighted by molar-refractivity contribution is 0.0523. The van der Waals surface area contributed by atoms with E-state index in [0.717, 1.165) is 38.6 Å². The lowest BCUT2D eigenvalue weighted by Crippen LogP contribution is -2.42. The molecule has 1 saturated heterocycles. The minimum atomic E-state index is 0.258. The van der Waals surface area contributed by atoms with E-state index in [0.29, 0.717) is 4.77 Å². The summed E-state index contributed by atoms with van der Waals surface area (Å²) in [6.07, 6.45) is 1.31. The van der Waals surface area contributed by atoms with Crippen molar-refractivity contribution in [3.63, 3.8) is 0 Å². The zero-order valence-corrected chi connectivity index (χ0v) is 10.6. The fourth-order valence-corrected chi connectivity index (χ4v) is 2.19. The number of ether oxygens (including phenoxy) is 1. The van der Waals surface area contributed by atoms with Crippen molar-refractivity contribution in [1.82, 2.24) is 14.8 Å². The van der Waals surface area contributed by atoms with E-state index in [1.54, 1.807) is 0 Å². The molecule has 1 aliphatic heterocycles. The number of hydrogen-bond donors (Lipinski definition) is 1. The Morgan fingerprint density at radius 2 is 2.44 bits per heavy atom. The average Bonchev–Trinajstić information content (AvgIpc) is 2.61. The van der Waals surface area contributed by atoms with Crippen LogP contribution < -0.4 is 4.90 Å². The van der Waals surface area contributed by atoms with Gasteiger partial charge < -0.3 is 9.64 Å². The normalized spacial score (nSPS) is 21.4. The molecule has 1 N–H and O–H groups in total. The molecule has 6 heteroatoms. The van der Waals surface area contributed by atoms with Crippen molar-refractivity contribution < 1.29 is 4.74 Å². The second-order valence-corrected chi connectivity index (χ2v) is 4.49. The molecule has 0 saturated carbocycles. The van der Waals surface area contributed by atoms with Crippen molar-refractivity contribution in [3.8, 4) is 0 Å². The first-order valence-corrected chi connectivity index (χ1v) is 6.15. The highest BCUT2D eigenvalue weighted by molar-refractivity contribution is 7.71. The van der Waals surface area contributed by atoms with Gasteiger partial charge in [0.1, 0.15) is 0 Å². The van der Waals surface area contributed by atoms with Gasteiger partial charge in [0.05, 0.1) is 12.7 Å². The molecule has 1 aliphatic rings. The van der Waals surface area contributed by atoms with Crippen LogP contribution in [-0.4, -0.2) is 40.6 Å². The number of morpholine rings is 1. The van der Waals surface area contributed by atoms with Crippen LogP contribution in [-0.2, 0) is 11.3 Å². The Kier molecular flexibility index (Phi) is 3.60. The second-order valence-electron chi connectivity index (χ2n) is 4.11. The molecule has 2 rings (SSSR count). The minimum Gasteiger partial charge on any atom is -0.375 e. The van der Waals surface area contributed by atoms with Gasteiger partial charge in [-0.15, -0.1) is 5.10 Å². The summed E-state index contributed by atoms with van der Waals surface area (Å²) < 4.78 is 8.29. The van der Waals surface area contributed by atoms with Crippen LogP contribution in [0.4, 0.5) is 5.95 Å². The summed E-state index contributed by atoms with van der Waals surface area (Å²) in [6, 6.07) is 0. The van der Waals surface area contributed by atoms with Crippen LogP contribution in [0.1, 0.15) is 20.3 Å². The maximum Gasteiger partial charge on any atom is 0.225 e. The zero-order chi connectivity index (χ0) is 11.5. The number of aromatic amines is 1. The first kappa shape index (κ1) is 11.6. The summed E-state index contributed by atoms with van der Waals surface area (Å²) in [5.74, 6) is 0.946. The number of H-pyrrole nitrogens is 1.